The van der Waals surface area contributed by atoms with Gasteiger partial charge in [0.2, 0.25) is 0 Å². The van der Waals surface area contributed by atoms with E-state index in [4.69, 9.17) is 26.0 Å². The maximum Gasteiger partial charge on any atom is 0.384 e. The molecule has 5 aromatic rings. The molecule has 0 aliphatic heterocycles. The molecule has 8 heteroatoms. The third kappa shape index (κ3) is 8.26. The Morgan fingerprint density at radius 3 is 2.22 bits per heavy atom. The summed E-state index contributed by atoms with van der Waals surface area (Å²) in [5.41, 5.74) is 7.22. The minimum atomic E-state index is -0.670. The van der Waals surface area contributed by atoms with Gasteiger partial charge in [-0.2, -0.15) is 0 Å². The Labute approximate surface area is 291 Å². The summed E-state index contributed by atoms with van der Waals surface area (Å²) in [6.07, 6.45) is 8.58. The zero-order valence-corrected chi connectivity index (χ0v) is 28.0. The van der Waals surface area contributed by atoms with Gasteiger partial charge in [-0.05, 0) is 57.5 Å². The van der Waals surface area contributed by atoms with Gasteiger partial charge >= 0.3 is 11.9 Å². The Morgan fingerprint density at radius 1 is 0.840 bits per heavy atom. The average Bonchev–Trinajstić information content (AvgIpc) is 3.13. The molecule has 0 saturated heterocycles. The van der Waals surface area contributed by atoms with E-state index in [9.17, 15) is 9.59 Å². The number of benzene rings is 5. The van der Waals surface area contributed by atoms with Crippen LogP contribution in [0.15, 0.2) is 104 Å². The van der Waals surface area contributed by atoms with Crippen LogP contribution in [0.4, 0.5) is 10.1 Å². The van der Waals surface area contributed by atoms with E-state index in [0.717, 1.165) is 44.8 Å². The second-order valence-electron chi connectivity index (χ2n) is 11.7. The molecule has 0 fully saturated rings. The van der Waals surface area contributed by atoms with Gasteiger partial charge < -0.3 is 24.5 Å². The van der Waals surface area contributed by atoms with E-state index in [1.54, 1.807) is 30.3 Å². The fourth-order valence-electron chi connectivity index (χ4n) is 5.78. The van der Waals surface area contributed by atoms with Crippen LogP contribution in [0.1, 0.15) is 17.5 Å². The minimum absolute atomic E-state index is 0.210. The molecule has 5 aromatic carbocycles. The fourth-order valence-corrected chi connectivity index (χ4v) is 5.78. The molecule has 5 rings (SSSR count). The Kier molecular flexibility index (Phi) is 11.4. The third-order valence-corrected chi connectivity index (χ3v) is 8.18. The van der Waals surface area contributed by atoms with Crippen molar-refractivity contribution in [2.45, 2.75) is 12.8 Å². The van der Waals surface area contributed by atoms with Crippen LogP contribution in [0.2, 0.25) is 0 Å². The molecule has 0 atom stereocenters. The molecular weight excluding hydrogens is 631 g/mol. The molecule has 1 N–H and O–H groups in total. The predicted octanol–water partition coefficient (Wildman–Crippen LogP) is 8.26. The molecule has 252 valence electrons. The monoisotopic (exact) mass is 668 g/mol. The van der Waals surface area contributed by atoms with E-state index >= 15 is 4.39 Å². The number of terminal acetylenes is 1. The first-order chi connectivity index (χ1) is 24.2. The highest BCUT2D eigenvalue weighted by molar-refractivity contribution is 6.03. The van der Waals surface area contributed by atoms with Gasteiger partial charge in [-0.3, -0.25) is 0 Å². The number of carbonyl (C=O) groups excluding carboxylic acids is 2. The topological polar surface area (TPSA) is 88.9 Å². The van der Waals surface area contributed by atoms with Gasteiger partial charge in [0.15, 0.2) is 0 Å². The summed E-state index contributed by atoms with van der Waals surface area (Å²) in [4.78, 5) is 24.5. The standard InChI is InChI=1S/C42H37FN2O5/c1-5-40(46)49-22-7-21-48-34-14-9-29(10-15-34)36-18-12-32(26-39(36)43)35-17-11-31(25-33(35)27-44)38-19-13-30-24-28(20-23-50-41(47)6-2)8-16-37(30)42(38)45(3)4/h2,5,8-19,24-27,44H,1,7,20-23H2,3-4H3. The van der Waals surface area contributed by atoms with Gasteiger partial charge in [-0.25, -0.2) is 14.0 Å². The fraction of sp³-hybridized carbons (Fsp3) is 0.167. The molecule has 0 saturated carbocycles. The molecule has 0 aromatic heterocycles. The largest absolute Gasteiger partial charge is 0.493 e. The van der Waals surface area contributed by atoms with E-state index in [0.29, 0.717) is 47.5 Å². The number of halogens is 1. The van der Waals surface area contributed by atoms with Crippen molar-refractivity contribution in [3.63, 3.8) is 0 Å². The number of nitrogens with one attached hydrogen (secondary N) is 1. The number of fused-ring (bicyclic) bond motifs is 1. The van der Waals surface area contributed by atoms with Gasteiger partial charge in [0.25, 0.3) is 0 Å². The lowest BCUT2D eigenvalue weighted by Crippen LogP contribution is -2.11. The zero-order valence-electron chi connectivity index (χ0n) is 28.0. The molecular formula is C42H37FN2O5. The van der Waals surface area contributed by atoms with Gasteiger partial charge in [-0.15, -0.1) is 6.42 Å². The quantitative estimate of drug-likeness (QED) is 0.0320. The van der Waals surface area contributed by atoms with Gasteiger partial charge in [-0.1, -0.05) is 73.3 Å². The Bertz CT molecular complexity index is 2100. The van der Waals surface area contributed by atoms with Crippen LogP contribution >= 0.6 is 0 Å². The SMILES string of the molecule is C#CC(=O)OCCc1ccc2c(N(C)C)c(-c3ccc(-c4ccc(-c5ccc(OCCCOC(=O)C=C)cc5)c(F)c4)c(C=N)c3)ccc2c1. The molecule has 0 spiro atoms. The second kappa shape index (κ2) is 16.3. The van der Waals surface area contributed by atoms with Crippen molar-refractivity contribution in [3.8, 4) is 51.5 Å². The Morgan fingerprint density at radius 2 is 1.54 bits per heavy atom. The van der Waals surface area contributed by atoms with E-state index in [1.165, 1.54) is 12.3 Å². The lowest BCUT2D eigenvalue weighted by Gasteiger charge is -2.21. The Balaban J connectivity index is 1.34. The summed E-state index contributed by atoms with van der Waals surface area (Å²) in [5, 5.41) is 10.3. The number of anilines is 1. The summed E-state index contributed by atoms with van der Waals surface area (Å²) < 4.78 is 31.2. The molecule has 50 heavy (non-hydrogen) atoms. The van der Waals surface area contributed by atoms with Crippen molar-refractivity contribution >= 4 is 34.6 Å². The molecule has 0 aliphatic rings. The number of nitrogens with zero attached hydrogens (tertiary/aromatic N) is 1. The van der Waals surface area contributed by atoms with E-state index in [1.807, 2.05) is 50.3 Å². The highest BCUT2D eigenvalue weighted by Gasteiger charge is 2.16. The van der Waals surface area contributed by atoms with Crippen LogP contribution in [0.25, 0.3) is 44.2 Å². The van der Waals surface area contributed by atoms with Crippen molar-refractivity contribution in [2.75, 3.05) is 38.8 Å². The first-order valence-corrected chi connectivity index (χ1v) is 16.1. The van der Waals surface area contributed by atoms with Crippen molar-refractivity contribution in [2.24, 2.45) is 0 Å². The summed E-state index contributed by atoms with van der Waals surface area (Å²) in [5.74, 6) is 1.07. The molecule has 0 aliphatic carbocycles. The third-order valence-electron chi connectivity index (χ3n) is 8.18. The Hall–Kier alpha value is -6.20. The molecule has 0 amide bonds. The number of hydrogen-bond acceptors (Lipinski definition) is 7. The number of ether oxygens (including phenoxy) is 3. The molecule has 0 radical (unpaired) electrons. The van der Waals surface area contributed by atoms with Crippen molar-refractivity contribution in [1.29, 1.82) is 5.41 Å². The van der Waals surface area contributed by atoms with Crippen LogP contribution in [-0.4, -0.2) is 52.1 Å². The highest BCUT2D eigenvalue weighted by Crippen LogP contribution is 2.39. The van der Waals surface area contributed by atoms with Crippen molar-refractivity contribution < 1.29 is 28.2 Å². The maximum atomic E-state index is 15.6. The normalized spacial score (nSPS) is 10.6. The summed E-state index contributed by atoms with van der Waals surface area (Å²) >= 11 is 0. The van der Waals surface area contributed by atoms with Crippen molar-refractivity contribution in [1.82, 2.24) is 0 Å². The van der Waals surface area contributed by atoms with E-state index in [2.05, 4.69) is 35.7 Å². The van der Waals surface area contributed by atoms with Crippen LogP contribution < -0.4 is 9.64 Å². The summed E-state index contributed by atoms with van der Waals surface area (Å²) in [7, 11) is 3.99. The highest BCUT2D eigenvalue weighted by atomic mass is 19.1. The molecule has 0 bridgehead atoms. The van der Waals surface area contributed by atoms with Crippen LogP contribution in [0.3, 0.4) is 0 Å². The summed E-state index contributed by atoms with van der Waals surface area (Å²) in [6, 6.07) is 28.4. The van der Waals surface area contributed by atoms with E-state index in [-0.39, 0.29) is 19.0 Å². The lowest BCUT2D eigenvalue weighted by atomic mass is 9.91. The van der Waals surface area contributed by atoms with Crippen LogP contribution in [0.5, 0.6) is 5.75 Å². The van der Waals surface area contributed by atoms with Crippen LogP contribution in [-0.2, 0) is 25.5 Å². The van der Waals surface area contributed by atoms with Gasteiger partial charge in [0.05, 0.1) is 25.5 Å². The minimum Gasteiger partial charge on any atom is -0.493 e. The van der Waals surface area contributed by atoms with Crippen molar-refractivity contribution in [3.05, 3.63) is 121 Å². The average molecular weight is 669 g/mol. The molecule has 0 heterocycles. The van der Waals surface area contributed by atoms with E-state index < -0.39 is 11.9 Å². The van der Waals surface area contributed by atoms with Gasteiger partial charge in [0, 0.05) is 67.2 Å². The number of esters is 2. The number of carbonyl (C=O) groups is 2. The smallest absolute Gasteiger partial charge is 0.384 e. The number of hydrogen-bond donors (Lipinski definition) is 1. The number of rotatable bonds is 14. The lowest BCUT2D eigenvalue weighted by molar-refractivity contribution is -0.138. The zero-order chi connectivity index (χ0) is 35.6. The predicted molar refractivity (Wildman–Crippen MR) is 197 cm³/mol. The van der Waals surface area contributed by atoms with Gasteiger partial charge in [0.1, 0.15) is 11.6 Å². The maximum absolute atomic E-state index is 15.6. The summed E-state index contributed by atoms with van der Waals surface area (Å²) in [6.45, 7) is 4.18. The molecule has 7 nitrogen and oxygen atoms in total. The van der Waals surface area contributed by atoms with Crippen LogP contribution in [0, 0.1) is 23.6 Å². The molecule has 0 unspecified atom stereocenters. The first-order valence-electron chi connectivity index (χ1n) is 16.1. The first kappa shape index (κ1) is 35.1. The second-order valence-corrected chi connectivity index (χ2v) is 11.7.